The topological polar surface area (TPSA) is 26.3 Å². The van der Waals surface area contributed by atoms with Gasteiger partial charge in [0.15, 0.2) is 0 Å². The Morgan fingerprint density at radius 2 is 2.25 bits per heavy atom. The molecule has 0 fully saturated rings. The molecular weight excluding hydrogens is 302 g/mol. The zero-order valence-corrected chi connectivity index (χ0v) is 10.8. The van der Waals surface area contributed by atoms with Gasteiger partial charge in [0.1, 0.15) is 16.5 Å². The first-order valence-electron chi connectivity index (χ1n) is 4.34. The van der Waals surface area contributed by atoms with Gasteiger partial charge in [-0.25, -0.2) is 8.78 Å². The Balaban J connectivity index is 2.58. The predicted octanol–water partition coefficient (Wildman–Crippen LogP) is 2.99. The van der Waals surface area contributed by atoms with Crippen LogP contribution in [0, 0.1) is 11.6 Å². The van der Waals surface area contributed by atoms with Gasteiger partial charge in [0.25, 0.3) is 0 Å². The largest absolute Gasteiger partial charge is 0.468 e. The molecule has 88 valence electrons. The normalized spacial score (nSPS) is 12.2. The van der Waals surface area contributed by atoms with Gasteiger partial charge < -0.3 is 4.74 Å². The van der Waals surface area contributed by atoms with Crippen molar-refractivity contribution in [3.63, 3.8) is 0 Å². The van der Waals surface area contributed by atoms with E-state index in [1.807, 2.05) is 0 Å². The van der Waals surface area contributed by atoms with Crippen LogP contribution < -0.4 is 0 Å². The Labute approximate surface area is 104 Å². The maximum atomic E-state index is 13.2. The highest BCUT2D eigenvalue weighted by Gasteiger charge is 2.16. The van der Waals surface area contributed by atoms with Gasteiger partial charge in [0, 0.05) is 16.7 Å². The highest BCUT2D eigenvalue weighted by atomic mass is 79.9. The number of alkyl halides is 1. The molecule has 1 atom stereocenters. The summed E-state index contributed by atoms with van der Waals surface area (Å²) in [6.45, 7) is 0. The van der Waals surface area contributed by atoms with Crippen LogP contribution in [0.3, 0.4) is 0 Å². The van der Waals surface area contributed by atoms with Crippen molar-refractivity contribution in [2.75, 3.05) is 12.9 Å². The molecule has 16 heavy (non-hydrogen) atoms. The van der Waals surface area contributed by atoms with Crippen LogP contribution in [0.2, 0.25) is 0 Å². The van der Waals surface area contributed by atoms with E-state index in [9.17, 15) is 13.6 Å². The van der Waals surface area contributed by atoms with Crippen molar-refractivity contribution in [1.29, 1.82) is 0 Å². The highest BCUT2D eigenvalue weighted by molar-refractivity contribution is 9.10. The molecule has 0 spiro atoms. The van der Waals surface area contributed by atoms with Crippen LogP contribution in [0.5, 0.6) is 0 Å². The van der Waals surface area contributed by atoms with Gasteiger partial charge in [0.05, 0.1) is 7.11 Å². The lowest BCUT2D eigenvalue weighted by atomic mass is 10.3. The number of hydrogen-bond donors (Lipinski definition) is 0. The zero-order valence-electron chi connectivity index (χ0n) is 8.38. The van der Waals surface area contributed by atoms with Gasteiger partial charge in [-0.1, -0.05) is 15.9 Å². The van der Waals surface area contributed by atoms with Gasteiger partial charge in [-0.05, 0) is 12.1 Å². The number of esters is 1. The standard InChI is InChI=1S/C10H9BrF2O2S/c1-15-10(14)7(11)5-16-9-3-2-6(12)4-8(9)13/h2-4,7H,5H2,1H3. The molecule has 1 aromatic carbocycles. The first kappa shape index (κ1) is 13.4. The lowest BCUT2D eigenvalue weighted by molar-refractivity contribution is -0.139. The summed E-state index contributed by atoms with van der Waals surface area (Å²) in [6, 6.07) is 3.32. The smallest absolute Gasteiger partial charge is 0.320 e. The number of rotatable bonds is 4. The Kier molecular flexibility index (Phi) is 5.21. The van der Waals surface area contributed by atoms with Crippen LogP contribution in [0.4, 0.5) is 8.78 Å². The third-order valence-corrected chi connectivity index (χ3v) is 4.00. The molecule has 2 nitrogen and oxygen atoms in total. The molecule has 0 saturated carbocycles. The van der Waals surface area contributed by atoms with E-state index < -0.39 is 22.4 Å². The summed E-state index contributed by atoms with van der Waals surface area (Å²) < 4.78 is 30.3. The quantitative estimate of drug-likeness (QED) is 0.486. The molecule has 0 aliphatic carbocycles. The molecule has 0 aliphatic rings. The van der Waals surface area contributed by atoms with Gasteiger partial charge in [0.2, 0.25) is 0 Å². The number of hydrogen-bond acceptors (Lipinski definition) is 3. The minimum absolute atomic E-state index is 0.301. The van der Waals surface area contributed by atoms with Crippen molar-refractivity contribution in [3.05, 3.63) is 29.8 Å². The SMILES string of the molecule is COC(=O)C(Br)CSc1ccc(F)cc1F. The molecule has 0 aliphatic heterocycles. The molecule has 1 aromatic rings. The maximum absolute atomic E-state index is 13.2. The van der Waals surface area contributed by atoms with Crippen molar-refractivity contribution in [3.8, 4) is 0 Å². The molecule has 0 heterocycles. The van der Waals surface area contributed by atoms with Gasteiger partial charge >= 0.3 is 5.97 Å². The van der Waals surface area contributed by atoms with Crippen LogP contribution in [0.15, 0.2) is 23.1 Å². The van der Waals surface area contributed by atoms with Crippen LogP contribution in [-0.4, -0.2) is 23.7 Å². The summed E-state index contributed by atoms with van der Waals surface area (Å²) in [5.41, 5.74) is 0. The molecular formula is C10H9BrF2O2S. The Morgan fingerprint density at radius 3 is 2.81 bits per heavy atom. The summed E-state index contributed by atoms with van der Waals surface area (Å²) in [7, 11) is 1.28. The number of carbonyl (C=O) groups is 1. The van der Waals surface area contributed by atoms with E-state index in [0.717, 1.165) is 17.8 Å². The third-order valence-electron chi connectivity index (χ3n) is 1.74. The molecule has 0 saturated heterocycles. The fourth-order valence-corrected chi connectivity index (χ4v) is 2.36. The van der Waals surface area contributed by atoms with Crippen LogP contribution in [0.1, 0.15) is 0 Å². The van der Waals surface area contributed by atoms with E-state index in [2.05, 4.69) is 20.7 Å². The monoisotopic (exact) mass is 310 g/mol. The van der Waals surface area contributed by atoms with Crippen molar-refractivity contribution < 1.29 is 18.3 Å². The van der Waals surface area contributed by atoms with E-state index in [1.165, 1.54) is 19.2 Å². The third kappa shape index (κ3) is 3.75. The van der Waals surface area contributed by atoms with Crippen molar-refractivity contribution in [1.82, 2.24) is 0 Å². The van der Waals surface area contributed by atoms with Crippen molar-refractivity contribution in [2.45, 2.75) is 9.72 Å². The van der Waals surface area contributed by atoms with E-state index >= 15 is 0 Å². The molecule has 1 unspecified atom stereocenters. The van der Waals surface area contributed by atoms with Gasteiger partial charge in [-0.2, -0.15) is 0 Å². The van der Waals surface area contributed by atoms with Crippen LogP contribution in [0.25, 0.3) is 0 Å². The first-order valence-corrected chi connectivity index (χ1v) is 6.24. The predicted molar refractivity (Wildman–Crippen MR) is 61.8 cm³/mol. The molecule has 0 radical (unpaired) electrons. The van der Waals surface area contributed by atoms with E-state index in [0.29, 0.717) is 10.6 Å². The summed E-state index contributed by atoms with van der Waals surface area (Å²) in [5, 5.41) is 0. The number of benzene rings is 1. The average Bonchev–Trinajstić information content (AvgIpc) is 2.26. The second kappa shape index (κ2) is 6.20. The number of halogens is 3. The minimum atomic E-state index is -0.630. The fraction of sp³-hybridized carbons (Fsp3) is 0.300. The highest BCUT2D eigenvalue weighted by Crippen LogP contribution is 2.24. The summed E-state index contributed by atoms with van der Waals surface area (Å²) in [4.78, 5) is 10.8. The molecule has 1 rings (SSSR count). The Hall–Kier alpha value is -0.620. The zero-order chi connectivity index (χ0) is 12.1. The molecule has 0 N–H and O–H groups in total. The number of thioether (sulfide) groups is 1. The lowest BCUT2D eigenvalue weighted by Crippen LogP contribution is -2.17. The summed E-state index contributed by atoms with van der Waals surface area (Å²) in [6.07, 6.45) is 0. The van der Waals surface area contributed by atoms with Gasteiger partial charge in [-0.3, -0.25) is 4.79 Å². The average molecular weight is 311 g/mol. The van der Waals surface area contributed by atoms with E-state index in [1.54, 1.807) is 0 Å². The fourth-order valence-electron chi connectivity index (χ4n) is 0.951. The summed E-state index contributed by atoms with van der Waals surface area (Å²) in [5.74, 6) is -1.36. The summed E-state index contributed by atoms with van der Waals surface area (Å²) >= 11 is 4.23. The lowest BCUT2D eigenvalue weighted by Gasteiger charge is -2.07. The van der Waals surface area contributed by atoms with Crippen LogP contribution >= 0.6 is 27.7 Å². The molecule has 0 aromatic heterocycles. The Bertz CT molecular complexity index is 387. The number of carbonyl (C=O) groups excluding carboxylic acids is 1. The van der Waals surface area contributed by atoms with Gasteiger partial charge in [-0.15, -0.1) is 11.8 Å². The Morgan fingerprint density at radius 1 is 1.56 bits per heavy atom. The molecule has 0 bridgehead atoms. The minimum Gasteiger partial charge on any atom is -0.468 e. The van der Waals surface area contributed by atoms with Crippen molar-refractivity contribution >= 4 is 33.7 Å². The first-order chi connectivity index (χ1) is 7.54. The van der Waals surface area contributed by atoms with E-state index in [-0.39, 0.29) is 0 Å². The second-order valence-electron chi connectivity index (χ2n) is 2.88. The second-order valence-corrected chi connectivity index (χ2v) is 5.04. The molecule has 0 amide bonds. The maximum Gasteiger partial charge on any atom is 0.320 e. The number of methoxy groups -OCH3 is 1. The number of ether oxygens (including phenoxy) is 1. The van der Waals surface area contributed by atoms with Crippen LogP contribution in [-0.2, 0) is 9.53 Å². The van der Waals surface area contributed by atoms with E-state index in [4.69, 9.17) is 0 Å². The van der Waals surface area contributed by atoms with Crippen molar-refractivity contribution in [2.24, 2.45) is 0 Å². The molecule has 6 heteroatoms.